The van der Waals surface area contributed by atoms with Crippen molar-refractivity contribution in [3.8, 4) is 17.2 Å². The van der Waals surface area contributed by atoms with Gasteiger partial charge in [-0.25, -0.2) is 0 Å². The molecular formula is C25H20N2O6. The van der Waals surface area contributed by atoms with Crippen LogP contribution in [0.25, 0.3) is 5.76 Å². The molecule has 5 rings (SSSR count). The van der Waals surface area contributed by atoms with E-state index in [0.29, 0.717) is 35.8 Å². The molecule has 0 aliphatic carbocycles. The number of aliphatic hydroxyl groups excluding tert-OH is 1. The van der Waals surface area contributed by atoms with Crippen LogP contribution in [-0.2, 0) is 9.59 Å². The van der Waals surface area contributed by atoms with Gasteiger partial charge in [0.2, 0.25) is 0 Å². The zero-order chi connectivity index (χ0) is 23.1. The summed E-state index contributed by atoms with van der Waals surface area (Å²) >= 11 is 0. The SMILES string of the molecule is Cc1ccc(O)c(N2C(=O)C(=O)/C(=C(\O)c3ccc4c(c3)OCCO4)C2c2ccncc2)c1. The Bertz CT molecular complexity index is 1300. The Morgan fingerprint density at radius 3 is 2.48 bits per heavy atom. The van der Waals surface area contributed by atoms with Crippen LogP contribution in [0.4, 0.5) is 5.69 Å². The number of nitrogens with zero attached hydrogens (tertiary/aromatic N) is 2. The largest absolute Gasteiger partial charge is 0.507 e. The molecule has 1 atom stereocenters. The lowest BCUT2D eigenvalue weighted by molar-refractivity contribution is -0.132. The first-order valence-corrected chi connectivity index (χ1v) is 10.4. The van der Waals surface area contributed by atoms with Crippen LogP contribution in [0.5, 0.6) is 17.2 Å². The summed E-state index contributed by atoms with van der Waals surface area (Å²) in [5.41, 5.74) is 1.75. The number of anilines is 1. The number of aromatic nitrogens is 1. The number of ketones is 1. The Kier molecular flexibility index (Phi) is 4.97. The zero-order valence-electron chi connectivity index (χ0n) is 17.7. The van der Waals surface area contributed by atoms with E-state index in [1.165, 1.54) is 23.4 Å². The monoisotopic (exact) mass is 444 g/mol. The van der Waals surface area contributed by atoms with Crippen LogP contribution in [0.2, 0.25) is 0 Å². The van der Waals surface area contributed by atoms with Crippen molar-refractivity contribution in [1.29, 1.82) is 0 Å². The number of aliphatic hydroxyl groups is 1. The first kappa shape index (κ1) is 20.6. The smallest absolute Gasteiger partial charge is 0.300 e. The number of carbonyl (C=O) groups is 2. The number of ether oxygens (including phenoxy) is 2. The van der Waals surface area contributed by atoms with Crippen LogP contribution in [0, 0.1) is 6.92 Å². The summed E-state index contributed by atoms with van der Waals surface area (Å²) in [5.74, 6) is -1.23. The maximum atomic E-state index is 13.2. The highest BCUT2D eigenvalue weighted by atomic mass is 16.6. The molecule has 0 saturated carbocycles. The highest BCUT2D eigenvalue weighted by molar-refractivity contribution is 6.51. The number of pyridine rings is 1. The summed E-state index contributed by atoms with van der Waals surface area (Å²) in [7, 11) is 0. The van der Waals surface area contributed by atoms with Gasteiger partial charge in [-0.3, -0.25) is 19.5 Å². The van der Waals surface area contributed by atoms with Crippen LogP contribution in [0.3, 0.4) is 0 Å². The van der Waals surface area contributed by atoms with Gasteiger partial charge in [-0.15, -0.1) is 0 Å². The molecule has 8 nitrogen and oxygen atoms in total. The number of phenolic OH excluding ortho intramolecular Hbond substituents is 1. The van der Waals surface area contributed by atoms with Crippen molar-refractivity contribution in [3.63, 3.8) is 0 Å². The molecule has 0 bridgehead atoms. The molecule has 2 N–H and O–H groups in total. The molecule has 3 aromatic rings. The Morgan fingerprint density at radius 1 is 1.00 bits per heavy atom. The fourth-order valence-electron chi connectivity index (χ4n) is 4.11. The number of Topliss-reactive ketones (excluding diaryl/α,β-unsaturated/α-hetero) is 1. The number of hydrogen-bond acceptors (Lipinski definition) is 7. The minimum absolute atomic E-state index is 0.0937. The second-order valence-corrected chi connectivity index (χ2v) is 7.80. The summed E-state index contributed by atoms with van der Waals surface area (Å²) in [6.07, 6.45) is 3.07. The maximum absolute atomic E-state index is 13.2. The van der Waals surface area contributed by atoms with E-state index in [9.17, 15) is 19.8 Å². The first-order valence-electron chi connectivity index (χ1n) is 10.4. The Balaban J connectivity index is 1.71. The summed E-state index contributed by atoms with van der Waals surface area (Å²) in [6.45, 7) is 2.60. The highest BCUT2D eigenvalue weighted by Crippen LogP contribution is 2.45. The molecule has 3 heterocycles. The number of rotatable bonds is 3. The number of benzene rings is 2. The molecule has 8 heteroatoms. The van der Waals surface area contributed by atoms with Gasteiger partial charge in [0, 0.05) is 18.0 Å². The van der Waals surface area contributed by atoms with E-state index in [4.69, 9.17) is 9.47 Å². The number of aryl methyl sites for hydroxylation is 1. The molecule has 0 spiro atoms. The third-order valence-electron chi connectivity index (χ3n) is 5.67. The van der Waals surface area contributed by atoms with E-state index in [1.807, 2.05) is 6.92 Å². The molecule has 0 radical (unpaired) electrons. The lowest BCUT2D eigenvalue weighted by Gasteiger charge is -2.26. The van der Waals surface area contributed by atoms with Crippen molar-refractivity contribution in [2.75, 3.05) is 18.1 Å². The minimum Gasteiger partial charge on any atom is -0.507 e. The van der Waals surface area contributed by atoms with Gasteiger partial charge in [0.15, 0.2) is 11.5 Å². The van der Waals surface area contributed by atoms with E-state index >= 15 is 0 Å². The highest BCUT2D eigenvalue weighted by Gasteiger charge is 2.47. The van der Waals surface area contributed by atoms with E-state index in [1.54, 1.807) is 42.5 Å². The number of aromatic hydroxyl groups is 1. The van der Waals surface area contributed by atoms with E-state index in [0.717, 1.165) is 5.56 Å². The van der Waals surface area contributed by atoms with E-state index in [2.05, 4.69) is 4.98 Å². The fourth-order valence-corrected chi connectivity index (χ4v) is 4.11. The fraction of sp³-hybridized carbons (Fsp3) is 0.160. The summed E-state index contributed by atoms with van der Waals surface area (Å²) < 4.78 is 11.1. The number of amides is 1. The molecular weight excluding hydrogens is 424 g/mol. The molecule has 33 heavy (non-hydrogen) atoms. The maximum Gasteiger partial charge on any atom is 0.300 e. The molecule has 1 saturated heterocycles. The van der Waals surface area contributed by atoms with Gasteiger partial charge in [-0.2, -0.15) is 0 Å². The predicted octanol–water partition coefficient (Wildman–Crippen LogP) is 3.49. The molecule has 166 valence electrons. The average Bonchev–Trinajstić information content (AvgIpc) is 3.10. The van der Waals surface area contributed by atoms with Crippen LogP contribution in [0.15, 0.2) is 66.5 Å². The second-order valence-electron chi connectivity index (χ2n) is 7.80. The van der Waals surface area contributed by atoms with Crippen LogP contribution < -0.4 is 14.4 Å². The Hall–Kier alpha value is -4.33. The lowest BCUT2D eigenvalue weighted by atomic mass is 9.95. The van der Waals surface area contributed by atoms with E-state index < -0.39 is 17.7 Å². The molecule has 2 aromatic carbocycles. The van der Waals surface area contributed by atoms with E-state index in [-0.39, 0.29) is 22.8 Å². The third kappa shape index (κ3) is 3.45. The van der Waals surface area contributed by atoms with Crippen LogP contribution >= 0.6 is 0 Å². The molecule has 1 amide bonds. The van der Waals surface area contributed by atoms with Gasteiger partial charge in [-0.1, -0.05) is 6.07 Å². The van der Waals surface area contributed by atoms with Gasteiger partial charge < -0.3 is 19.7 Å². The number of carbonyl (C=O) groups excluding carboxylic acids is 2. The molecule has 1 fully saturated rings. The average molecular weight is 444 g/mol. The topological polar surface area (TPSA) is 109 Å². The van der Waals surface area contributed by atoms with Gasteiger partial charge in [0.25, 0.3) is 11.7 Å². The zero-order valence-corrected chi connectivity index (χ0v) is 17.7. The molecule has 2 aliphatic rings. The van der Waals surface area contributed by atoms with Crippen LogP contribution in [-0.4, -0.2) is 40.1 Å². The summed E-state index contributed by atoms with van der Waals surface area (Å²) in [6, 6.07) is 12.0. The van der Waals surface area contributed by atoms with Gasteiger partial charge in [0.05, 0.1) is 17.3 Å². The third-order valence-corrected chi connectivity index (χ3v) is 5.67. The number of phenols is 1. The number of hydrogen-bond donors (Lipinski definition) is 2. The van der Waals surface area contributed by atoms with Crippen molar-refractivity contribution < 1.29 is 29.3 Å². The second kappa shape index (κ2) is 7.98. The van der Waals surface area contributed by atoms with Crippen molar-refractivity contribution in [2.24, 2.45) is 0 Å². The van der Waals surface area contributed by atoms with Crippen molar-refractivity contribution in [2.45, 2.75) is 13.0 Å². The predicted molar refractivity (Wildman–Crippen MR) is 119 cm³/mol. The molecule has 1 aromatic heterocycles. The van der Waals surface area contributed by atoms with Crippen LogP contribution in [0.1, 0.15) is 22.7 Å². The summed E-state index contributed by atoms with van der Waals surface area (Å²) in [4.78, 5) is 31.6. The van der Waals surface area contributed by atoms with Gasteiger partial charge in [0.1, 0.15) is 24.7 Å². The minimum atomic E-state index is -0.964. The van der Waals surface area contributed by atoms with Crippen molar-refractivity contribution in [3.05, 3.63) is 83.2 Å². The Morgan fingerprint density at radius 2 is 1.73 bits per heavy atom. The van der Waals surface area contributed by atoms with Gasteiger partial charge in [-0.05, 0) is 60.5 Å². The lowest BCUT2D eigenvalue weighted by Crippen LogP contribution is -2.29. The van der Waals surface area contributed by atoms with Crippen molar-refractivity contribution >= 4 is 23.1 Å². The normalized spacial score (nSPS) is 19.1. The van der Waals surface area contributed by atoms with Crippen molar-refractivity contribution in [1.82, 2.24) is 4.98 Å². The molecule has 1 unspecified atom stereocenters. The standard InChI is InChI=1S/C25H20N2O6/c1-14-2-4-18(28)17(12-14)27-22(15-6-8-26-9-7-15)21(24(30)25(27)31)23(29)16-3-5-19-20(13-16)33-11-10-32-19/h2-9,12-13,22,28-29H,10-11H2,1H3/b23-21-. The number of fused-ring (bicyclic) bond motifs is 1. The quantitative estimate of drug-likeness (QED) is 0.362. The first-order chi connectivity index (χ1) is 16.0. The van der Waals surface area contributed by atoms with Gasteiger partial charge >= 0.3 is 0 Å². The molecule has 2 aliphatic heterocycles. The Labute approximate surface area is 189 Å². The summed E-state index contributed by atoms with van der Waals surface area (Å²) in [5, 5.41) is 21.7.